The van der Waals surface area contributed by atoms with Crippen LogP contribution in [0.15, 0.2) is 12.7 Å². The maximum absolute atomic E-state index is 12.4. The number of aliphatic hydroxyl groups excluding tert-OH is 2. The largest absolute Gasteiger partial charge is 0.790 e. The Morgan fingerprint density at radius 1 is 1.12 bits per heavy atom. The van der Waals surface area contributed by atoms with Crippen molar-refractivity contribution in [1.82, 2.24) is 30.2 Å². The average molecular weight is 764 g/mol. The van der Waals surface area contributed by atoms with Gasteiger partial charge < -0.3 is 69.0 Å². The van der Waals surface area contributed by atoms with Gasteiger partial charge in [-0.2, -0.15) is 12.6 Å². The minimum absolute atomic E-state index is 0.0144. The van der Waals surface area contributed by atoms with E-state index in [1.807, 2.05) is 0 Å². The van der Waals surface area contributed by atoms with Crippen LogP contribution in [0.2, 0.25) is 0 Å². The molecule has 0 aromatic carbocycles. The minimum Gasteiger partial charge on any atom is -0.790 e. The number of anilines is 1. The number of phosphoric acid groups is 3. The fourth-order valence-electron chi connectivity index (χ4n) is 4.11. The zero-order valence-corrected chi connectivity index (χ0v) is 28.6. The van der Waals surface area contributed by atoms with Crippen LogP contribution < -0.4 is 35.9 Å². The molecule has 2 amide bonds. The molecule has 2 aromatic heterocycles. The number of ether oxygens (including phenoxy) is 1. The number of carbonyl (C=O) groups is 2. The number of nitrogens with one attached hydrogen (secondary N) is 2. The number of imidazole rings is 1. The summed E-state index contributed by atoms with van der Waals surface area (Å²) in [5, 5.41) is 25.9. The van der Waals surface area contributed by atoms with Gasteiger partial charge in [-0.1, -0.05) is 13.8 Å². The van der Waals surface area contributed by atoms with E-state index in [4.69, 9.17) is 10.5 Å². The zero-order valence-electron chi connectivity index (χ0n) is 25.0. The molecule has 0 bridgehead atoms. The summed E-state index contributed by atoms with van der Waals surface area (Å²) in [6.45, 7) is 0.324. The van der Waals surface area contributed by atoms with E-state index < -0.39 is 84.6 Å². The molecule has 3 rings (SSSR count). The summed E-state index contributed by atoms with van der Waals surface area (Å²) in [6.07, 6.45) is -7.41. The third-order valence-electron chi connectivity index (χ3n) is 6.49. The molecular formula is C21H32N7O16P3S-4. The molecule has 3 unspecified atom stereocenters. The van der Waals surface area contributed by atoms with E-state index in [9.17, 15) is 53.1 Å². The Balaban J connectivity index is 1.61. The first kappa shape index (κ1) is 40.3. The van der Waals surface area contributed by atoms with Crippen molar-refractivity contribution in [2.75, 3.05) is 37.8 Å². The summed E-state index contributed by atoms with van der Waals surface area (Å²) in [5.41, 5.74) is 4.10. The van der Waals surface area contributed by atoms with E-state index in [1.165, 1.54) is 13.8 Å². The highest BCUT2D eigenvalue weighted by Gasteiger charge is 2.47. The Labute approximate surface area is 277 Å². The molecule has 1 aliphatic rings. The number of thiol groups is 1. The van der Waals surface area contributed by atoms with Crippen LogP contribution in [0.1, 0.15) is 26.5 Å². The molecule has 2 aromatic rings. The molecule has 7 atom stereocenters. The third-order valence-corrected chi connectivity index (χ3v) is 9.72. The normalized spacial score (nSPS) is 23.4. The van der Waals surface area contributed by atoms with Gasteiger partial charge in [0.25, 0.3) is 15.6 Å². The first-order valence-electron chi connectivity index (χ1n) is 13.6. The van der Waals surface area contributed by atoms with E-state index in [0.29, 0.717) is 12.3 Å². The molecule has 0 aliphatic carbocycles. The Morgan fingerprint density at radius 3 is 2.44 bits per heavy atom. The topological polar surface area (TPSA) is 358 Å². The fourth-order valence-corrected chi connectivity index (χ4v) is 6.96. The Morgan fingerprint density at radius 2 is 1.79 bits per heavy atom. The smallest absolute Gasteiger partial charge is 0.274 e. The molecule has 0 radical (unpaired) electrons. The molecule has 1 fully saturated rings. The highest BCUT2D eigenvalue weighted by atomic mass is 32.1. The fraction of sp³-hybridized carbons (Fsp3) is 0.667. The number of nitrogen functional groups attached to an aromatic ring is 1. The number of phosphoric ester groups is 3. The quantitative estimate of drug-likeness (QED) is 0.0619. The predicted molar refractivity (Wildman–Crippen MR) is 155 cm³/mol. The Hall–Kier alpha value is -2.11. The first-order valence-corrected chi connectivity index (χ1v) is 18.6. The van der Waals surface area contributed by atoms with Crippen LogP contribution in [-0.4, -0.2) is 98.0 Å². The lowest BCUT2D eigenvalue weighted by molar-refractivity contribution is -0.347. The van der Waals surface area contributed by atoms with Crippen molar-refractivity contribution < 1.29 is 75.7 Å². The van der Waals surface area contributed by atoms with Gasteiger partial charge in [0.15, 0.2) is 17.7 Å². The number of carbonyl (C=O) groups excluding carboxylic acids is 2. The first-order chi connectivity index (χ1) is 22.2. The van der Waals surface area contributed by atoms with Crippen LogP contribution in [0.3, 0.4) is 0 Å². The highest BCUT2D eigenvalue weighted by molar-refractivity contribution is 7.80. The molecule has 0 spiro atoms. The van der Waals surface area contributed by atoms with Crippen LogP contribution in [-0.2, 0) is 45.9 Å². The van der Waals surface area contributed by atoms with Crippen LogP contribution in [0.5, 0.6) is 0 Å². The number of aromatic nitrogens is 4. The van der Waals surface area contributed by atoms with Crippen molar-refractivity contribution in [1.29, 1.82) is 0 Å². The van der Waals surface area contributed by atoms with Gasteiger partial charge >= 0.3 is 0 Å². The van der Waals surface area contributed by atoms with Crippen LogP contribution in [0.25, 0.3) is 11.2 Å². The van der Waals surface area contributed by atoms with Crippen molar-refractivity contribution in [3.8, 4) is 0 Å². The van der Waals surface area contributed by atoms with Gasteiger partial charge in [-0.15, -0.1) is 0 Å². The van der Waals surface area contributed by atoms with E-state index in [0.717, 1.165) is 17.2 Å². The van der Waals surface area contributed by atoms with Crippen molar-refractivity contribution in [2.45, 2.75) is 50.9 Å². The minimum atomic E-state index is -5.88. The molecule has 272 valence electrons. The molecule has 0 saturated carbocycles. The monoisotopic (exact) mass is 763 g/mol. The lowest BCUT2D eigenvalue weighted by Gasteiger charge is -2.36. The predicted octanol–water partition coefficient (Wildman–Crippen LogP) is -4.19. The van der Waals surface area contributed by atoms with Crippen LogP contribution in [0.4, 0.5) is 5.82 Å². The van der Waals surface area contributed by atoms with Gasteiger partial charge in [0.1, 0.15) is 36.3 Å². The summed E-state index contributed by atoms with van der Waals surface area (Å²) < 4.78 is 60.1. The summed E-state index contributed by atoms with van der Waals surface area (Å²) in [4.78, 5) is 83.0. The van der Waals surface area contributed by atoms with Crippen molar-refractivity contribution >= 4 is 64.9 Å². The summed E-state index contributed by atoms with van der Waals surface area (Å²) in [5.74, 6) is -1.05. The van der Waals surface area contributed by atoms with Crippen molar-refractivity contribution in [3.05, 3.63) is 12.7 Å². The van der Waals surface area contributed by atoms with E-state index in [2.05, 4.69) is 56.1 Å². The molecule has 27 heteroatoms. The van der Waals surface area contributed by atoms with E-state index in [1.54, 1.807) is 0 Å². The second-order valence-electron chi connectivity index (χ2n) is 10.7. The van der Waals surface area contributed by atoms with E-state index >= 15 is 0 Å². The lowest BCUT2D eigenvalue weighted by Crippen LogP contribution is -2.46. The third kappa shape index (κ3) is 11.2. The molecule has 48 heavy (non-hydrogen) atoms. The summed E-state index contributed by atoms with van der Waals surface area (Å²) >= 11 is 3.94. The van der Waals surface area contributed by atoms with Gasteiger partial charge in [-0.05, 0) is 0 Å². The summed E-state index contributed by atoms with van der Waals surface area (Å²) in [7, 11) is -17.5. The van der Waals surface area contributed by atoms with Gasteiger partial charge in [-0.25, -0.2) is 19.3 Å². The number of aliphatic hydroxyl groups is 2. The number of nitrogens with two attached hydrogens (primary N) is 1. The molecule has 6 N–H and O–H groups in total. The van der Waals surface area contributed by atoms with Crippen molar-refractivity contribution in [3.63, 3.8) is 0 Å². The van der Waals surface area contributed by atoms with Crippen LogP contribution in [0, 0.1) is 5.41 Å². The number of rotatable bonds is 18. The molecule has 1 saturated heterocycles. The number of fused-ring (bicyclic) bond motifs is 1. The molecular weight excluding hydrogens is 731 g/mol. The maximum atomic E-state index is 12.4. The van der Waals surface area contributed by atoms with Gasteiger partial charge in [0, 0.05) is 30.7 Å². The number of hydrogen-bond acceptors (Lipinski definition) is 21. The number of nitrogens with zero attached hydrogens (tertiary/aromatic N) is 4. The Bertz CT molecular complexity index is 1590. The van der Waals surface area contributed by atoms with Crippen molar-refractivity contribution in [2.24, 2.45) is 5.41 Å². The molecule has 1 aliphatic heterocycles. The summed E-state index contributed by atoms with van der Waals surface area (Å²) in [6, 6.07) is 0. The average Bonchev–Trinajstić information content (AvgIpc) is 3.54. The SMILES string of the molecule is CC(C)(COP(=O)([O-])OP(=O)([O-])OC[C@H]1OC(n2cnc3c(N)ncnc32)[C@@H](O)[C@@H]1OP(=O)([O-])[O-])[C@@H](O)C(=O)NCCC(=O)NCCS. The maximum Gasteiger partial charge on any atom is 0.274 e. The zero-order chi connectivity index (χ0) is 36.1. The second kappa shape index (κ2) is 16.3. The highest BCUT2D eigenvalue weighted by Crippen LogP contribution is 2.56. The number of amides is 2. The van der Waals surface area contributed by atoms with Gasteiger partial charge in [-0.3, -0.25) is 23.3 Å². The van der Waals surface area contributed by atoms with Crippen LogP contribution >= 0.6 is 36.1 Å². The van der Waals surface area contributed by atoms with E-state index in [-0.39, 0.29) is 29.9 Å². The van der Waals surface area contributed by atoms with Gasteiger partial charge in [0.05, 0.1) is 27.4 Å². The Kier molecular flexibility index (Phi) is 13.7. The number of hydrogen-bond donors (Lipinski definition) is 6. The van der Waals surface area contributed by atoms with Gasteiger partial charge in [0.2, 0.25) is 11.8 Å². The molecule has 23 nitrogen and oxygen atoms in total. The molecule has 3 heterocycles. The lowest BCUT2D eigenvalue weighted by atomic mass is 9.87. The second-order valence-corrected chi connectivity index (χ2v) is 15.2. The standard InChI is InChI=1S/C21H36N7O16P3S/c1-21(2,16(31)19(32)24-4-3-12(29)23-5-6-48)8-41-47(38,39)44-46(36,37)40-7-11-15(43-45(33,34)35)14(30)20(42-11)28-10-27-13-17(22)25-9-26-18(13)28/h9-11,14-16,20,30-31,48H,3-8H2,1-2H3,(H,23,29)(H,24,32)(H,36,37)(H,38,39)(H2,22,25,26)(H2,33,34,35)/p-4/t11-,14+,15-,16+,20?/m1/s1.